The Labute approximate surface area is 155 Å². The van der Waals surface area contributed by atoms with Crippen LogP contribution in [0.3, 0.4) is 0 Å². The van der Waals surface area contributed by atoms with Crippen molar-refractivity contribution in [2.24, 2.45) is 0 Å². The molecule has 0 atom stereocenters. The maximum atomic E-state index is 13.3. The van der Waals surface area contributed by atoms with Crippen LogP contribution in [0.2, 0.25) is 0 Å². The van der Waals surface area contributed by atoms with Crippen molar-refractivity contribution in [1.82, 2.24) is 9.78 Å². The number of nitrogens with two attached hydrogens (primary N) is 1. The van der Waals surface area contributed by atoms with Gasteiger partial charge in [-0.05, 0) is 42.0 Å². The first kappa shape index (κ1) is 16.8. The largest absolute Gasteiger partial charge is 0.397 e. The highest BCUT2D eigenvalue weighted by Crippen LogP contribution is 2.20. The van der Waals surface area contributed by atoms with Gasteiger partial charge in [-0.3, -0.25) is 9.48 Å². The molecule has 1 aromatic heterocycles. The van der Waals surface area contributed by atoms with E-state index in [-0.39, 0.29) is 11.6 Å². The molecule has 3 aromatic carbocycles. The number of halogens is 1. The second-order valence-corrected chi connectivity index (χ2v) is 6.27. The van der Waals surface area contributed by atoms with E-state index in [0.717, 1.165) is 16.5 Å². The number of benzene rings is 3. The molecule has 0 radical (unpaired) electrons. The number of rotatable bonds is 4. The third kappa shape index (κ3) is 3.64. The molecule has 4 rings (SSSR count). The number of amides is 1. The van der Waals surface area contributed by atoms with Gasteiger partial charge in [-0.25, -0.2) is 4.39 Å². The van der Waals surface area contributed by atoms with Gasteiger partial charge in [0.1, 0.15) is 5.82 Å². The second-order valence-electron chi connectivity index (χ2n) is 6.27. The molecule has 0 saturated carbocycles. The van der Waals surface area contributed by atoms with Gasteiger partial charge in [0.25, 0.3) is 5.91 Å². The summed E-state index contributed by atoms with van der Waals surface area (Å²) in [7, 11) is 0. The van der Waals surface area contributed by atoms with Crippen LogP contribution in [-0.4, -0.2) is 15.7 Å². The highest BCUT2D eigenvalue weighted by molar-refractivity contribution is 6.05. The predicted molar refractivity (Wildman–Crippen MR) is 104 cm³/mol. The Kier molecular flexibility index (Phi) is 4.30. The molecule has 0 aliphatic rings. The van der Waals surface area contributed by atoms with Crippen molar-refractivity contribution in [2.75, 3.05) is 11.1 Å². The first-order valence-corrected chi connectivity index (χ1v) is 8.46. The standard InChI is InChI=1S/C21H17FN4O/c22-17-9-10-18(23)20(11-17)24-21(27)15-7-5-14(6-8-15)12-26-13-16-3-1-2-4-19(16)25-26/h1-11,13H,12,23H2,(H,24,27). The van der Waals surface area contributed by atoms with Crippen molar-refractivity contribution in [3.05, 3.63) is 89.9 Å². The fourth-order valence-electron chi connectivity index (χ4n) is 2.88. The van der Waals surface area contributed by atoms with Crippen molar-refractivity contribution in [3.8, 4) is 0 Å². The van der Waals surface area contributed by atoms with Crippen molar-refractivity contribution in [2.45, 2.75) is 6.54 Å². The van der Waals surface area contributed by atoms with E-state index in [1.54, 1.807) is 12.1 Å². The molecule has 0 aliphatic heterocycles. The normalized spacial score (nSPS) is 10.9. The summed E-state index contributed by atoms with van der Waals surface area (Å²) in [6.45, 7) is 0.605. The SMILES string of the molecule is Nc1ccc(F)cc1NC(=O)c1ccc(Cn2cc3ccccc3n2)cc1. The average Bonchev–Trinajstić information content (AvgIpc) is 3.07. The molecule has 0 spiro atoms. The van der Waals surface area contributed by atoms with Gasteiger partial charge < -0.3 is 11.1 Å². The molecular weight excluding hydrogens is 343 g/mol. The summed E-state index contributed by atoms with van der Waals surface area (Å²) in [5.74, 6) is -0.801. The van der Waals surface area contributed by atoms with Crippen LogP contribution >= 0.6 is 0 Å². The number of hydrogen-bond donors (Lipinski definition) is 2. The van der Waals surface area contributed by atoms with Crippen molar-refractivity contribution in [1.29, 1.82) is 0 Å². The van der Waals surface area contributed by atoms with E-state index in [0.29, 0.717) is 17.8 Å². The molecule has 6 heteroatoms. The minimum absolute atomic E-state index is 0.257. The molecule has 3 N–H and O–H groups in total. The number of nitrogen functional groups attached to an aromatic ring is 1. The summed E-state index contributed by atoms with van der Waals surface area (Å²) in [6.07, 6.45) is 1.99. The van der Waals surface area contributed by atoms with E-state index in [1.807, 2.05) is 47.3 Å². The number of carbonyl (C=O) groups is 1. The van der Waals surface area contributed by atoms with Crippen molar-refractivity contribution < 1.29 is 9.18 Å². The van der Waals surface area contributed by atoms with Crippen LogP contribution in [0, 0.1) is 5.82 Å². The summed E-state index contributed by atoms with van der Waals surface area (Å²) in [4.78, 5) is 12.4. The number of nitrogens with one attached hydrogen (secondary N) is 1. The number of nitrogens with zero attached hydrogens (tertiary/aromatic N) is 2. The number of anilines is 2. The lowest BCUT2D eigenvalue weighted by molar-refractivity contribution is 0.102. The molecule has 1 heterocycles. The van der Waals surface area contributed by atoms with E-state index in [1.165, 1.54) is 18.2 Å². The van der Waals surface area contributed by atoms with Crippen LogP contribution in [0.25, 0.3) is 10.9 Å². The Balaban J connectivity index is 1.48. The number of hydrogen-bond acceptors (Lipinski definition) is 3. The van der Waals surface area contributed by atoms with Crippen LogP contribution in [0.5, 0.6) is 0 Å². The molecule has 0 unspecified atom stereocenters. The van der Waals surface area contributed by atoms with E-state index in [4.69, 9.17) is 5.73 Å². The summed E-state index contributed by atoms with van der Waals surface area (Å²) in [5, 5.41) is 8.24. The van der Waals surface area contributed by atoms with Gasteiger partial charge in [-0.2, -0.15) is 5.10 Å². The highest BCUT2D eigenvalue weighted by atomic mass is 19.1. The van der Waals surface area contributed by atoms with Gasteiger partial charge in [0.2, 0.25) is 0 Å². The molecule has 5 nitrogen and oxygen atoms in total. The molecule has 0 bridgehead atoms. The number of aromatic nitrogens is 2. The smallest absolute Gasteiger partial charge is 0.255 e. The quantitative estimate of drug-likeness (QED) is 0.539. The minimum atomic E-state index is -0.457. The van der Waals surface area contributed by atoms with Gasteiger partial charge in [0, 0.05) is 17.1 Å². The fraction of sp³-hybridized carbons (Fsp3) is 0.0476. The van der Waals surface area contributed by atoms with E-state index < -0.39 is 5.82 Å². The van der Waals surface area contributed by atoms with Crippen LogP contribution in [-0.2, 0) is 6.54 Å². The number of carbonyl (C=O) groups excluding carboxylic acids is 1. The summed E-state index contributed by atoms with van der Waals surface area (Å²) < 4.78 is 15.2. The Morgan fingerprint density at radius 2 is 1.85 bits per heavy atom. The lowest BCUT2D eigenvalue weighted by Crippen LogP contribution is -2.13. The van der Waals surface area contributed by atoms with Gasteiger partial charge in [0.05, 0.1) is 23.4 Å². The summed E-state index contributed by atoms with van der Waals surface area (Å²) in [5.41, 5.74) is 8.77. The Morgan fingerprint density at radius 3 is 2.63 bits per heavy atom. The van der Waals surface area contributed by atoms with Gasteiger partial charge in [-0.1, -0.05) is 30.3 Å². The third-order valence-electron chi connectivity index (χ3n) is 4.29. The van der Waals surface area contributed by atoms with Gasteiger partial charge >= 0.3 is 0 Å². The Bertz CT molecular complexity index is 1090. The first-order chi connectivity index (χ1) is 13.1. The average molecular weight is 360 g/mol. The molecule has 4 aromatic rings. The maximum absolute atomic E-state index is 13.3. The number of fused-ring (bicyclic) bond motifs is 1. The van der Waals surface area contributed by atoms with Crippen LogP contribution in [0.1, 0.15) is 15.9 Å². The lowest BCUT2D eigenvalue weighted by Gasteiger charge is -2.09. The fourth-order valence-corrected chi connectivity index (χ4v) is 2.88. The van der Waals surface area contributed by atoms with E-state index in [9.17, 15) is 9.18 Å². The summed E-state index contributed by atoms with van der Waals surface area (Å²) >= 11 is 0. The third-order valence-corrected chi connectivity index (χ3v) is 4.29. The van der Waals surface area contributed by atoms with Crippen LogP contribution in [0.15, 0.2) is 72.9 Å². The van der Waals surface area contributed by atoms with Crippen molar-refractivity contribution in [3.63, 3.8) is 0 Å². The first-order valence-electron chi connectivity index (χ1n) is 8.46. The molecular formula is C21H17FN4O. The van der Waals surface area contributed by atoms with E-state index in [2.05, 4.69) is 10.4 Å². The zero-order valence-corrected chi connectivity index (χ0v) is 14.4. The minimum Gasteiger partial charge on any atom is -0.397 e. The molecule has 27 heavy (non-hydrogen) atoms. The lowest BCUT2D eigenvalue weighted by atomic mass is 10.1. The van der Waals surface area contributed by atoms with Crippen LogP contribution < -0.4 is 11.1 Å². The zero-order chi connectivity index (χ0) is 18.8. The molecule has 0 saturated heterocycles. The predicted octanol–water partition coefficient (Wildman–Crippen LogP) is 4.06. The second kappa shape index (κ2) is 6.92. The highest BCUT2D eigenvalue weighted by Gasteiger charge is 2.09. The van der Waals surface area contributed by atoms with Gasteiger partial charge in [0.15, 0.2) is 0 Å². The molecule has 0 fully saturated rings. The maximum Gasteiger partial charge on any atom is 0.255 e. The van der Waals surface area contributed by atoms with Gasteiger partial charge in [-0.15, -0.1) is 0 Å². The molecule has 134 valence electrons. The molecule has 1 amide bonds. The monoisotopic (exact) mass is 360 g/mol. The Morgan fingerprint density at radius 1 is 1.07 bits per heavy atom. The zero-order valence-electron chi connectivity index (χ0n) is 14.4. The summed E-state index contributed by atoms with van der Waals surface area (Å²) in [6, 6.07) is 19.0. The topological polar surface area (TPSA) is 72.9 Å². The Hall–Kier alpha value is -3.67. The van der Waals surface area contributed by atoms with Crippen molar-refractivity contribution >= 4 is 28.2 Å². The molecule has 0 aliphatic carbocycles. The van der Waals surface area contributed by atoms with Crippen LogP contribution in [0.4, 0.5) is 15.8 Å². The van der Waals surface area contributed by atoms with E-state index >= 15 is 0 Å².